The average molecular weight is 373 g/mol. The molecule has 0 aromatic heterocycles. The summed E-state index contributed by atoms with van der Waals surface area (Å²) in [6.45, 7) is 6.44. The van der Waals surface area contributed by atoms with Crippen molar-refractivity contribution in [3.63, 3.8) is 0 Å². The third-order valence-electron chi connectivity index (χ3n) is 3.20. The van der Waals surface area contributed by atoms with Crippen molar-refractivity contribution >= 4 is 48.8 Å². The Labute approximate surface area is 139 Å². The molecule has 8 heteroatoms. The standard InChI is InChI=1S/C13H16Cl3NO3S/c1-4-13(2,3)7-17-12(18)9-5-8(14)6-10(11(9)15)21(16,19)20/h5-6H,4,7H2,1-3H3,(H,17,18). The van der Waals surface area contributed by atoms with Crippen molar-refractivity contribution in [3.05, 3.63) is 27.7 Å². The van der Waals surface area contributed by atoms with Gasteiger partial charge in [0.05, 0.1) is 10.6 Å². The summed E-state index contributed by atoms with van der Waals surface area (Å²) in [5, 5.41) is 2.55. The van der Waals surface area contributed by atoms with Gasteiger partial charge in [-0.25, -0.2) is 8.42 Å². The van der Waals surface area contributed by atoms with Crippen LogP contribution in [0, 0.1) is 5.41 Å². The van der Waals surface area contributed by atoms with Gasteiger partial charge in [-0.2, -0.15) is 0 Å². The first-order chi connectivity index (χ1) is 9.48. The SMILES string of the molecule is CCC(C)(C)CNC(=O)c1cc(Cl)cc(S(=O)(=O)Cl)c1Cl. The molecule has 0 bridgehead atoms. The van der Waals surface area contributed by atoms with E-state index in [2.05, 4.69) is 5.32 Å². The number of carbonyl (C=O) groups is 1. The Kier molecular flexibility index (Phi) is 5.95. The lowest BCUT2D eigenvalue weighted by molar-refractivity contribution is 0.0935. The predicted molar refractivity (Wildman–Crippen MR) is 85.9 cm³/mol. The number of benzene rings is 1. The van der Waals surface area contributed by atoms with Gasteiger partial charge in [-0.1, -0.05) is 44.0 Å². The maximum absolute atomic E-state index is 12.2. The van der Waals surface area contributed by atoms with Crippen LogP contribution in [0.4, 0.5) is 0 Å². The summed E-state index contributed by atoms with van der Waals surface area (Å²) in [6, 6.07) is 2.42. The van der Waals surface area contributed by atoms with Gasteiger partial charge in [-0.05, 0) is 24.0 Å². The van der Waals surface area contributed by atoms with Crippen LogP contribution < -0.4 is 5.32 Å². The molecule has 0 saturated heterocycles. The zero-order valence-corrected chi connectivity index (χ0v) is 14.9. The van der Waals surface area contributed by atoms with Crippen LogP contribution in [0.25, 0.3) is 0 Å². The Morgan fingerprint density at radius 2 is 1.86 bits per heavy atom. The lowest BCUT2D eigenvalue weighted by Crippen LogP contribution is -2.33. The Bertz CT molecular complexity index is 657. The summed E-state index contributed by atoms with van der Waals surface area (Å²) in [4.78, 5) is 11.8. The summed E-state index contributed by atoms with van der Waals surface area (Å²) >= 11 is 11.8. The highest BCUT2D eigenvalue weighted by Crippen LogP contribution is 2.31. The minimum atomic E-state index is -4.08. The Hall–Kier alpha value is -0.490. The van der Waals surface area contributed by atoms with E-state index in [9.17, 15) is 13.2 Å². The lowest BCUT2D eigenvalue weighted by atomic mass is 9.90. The third kappa shape index (κ3) is 5.02. The molecule has 0 saturated carbocycles. The quantitative estimate of drug-likeness (QED) is 0.792. The van der Waals surface area contributed by atoms with Crippen molar-refractivity contribution in [1.29, 1.82) is 0 Å². The average Bonchev–Trinajstić information content (AvgIpc) is 2.37. The van der Waals surface area contributed by atoms with Crippen LogP contribution in [0.15, 0.2) is 17.0 Å². The molecular formula is C13H16Cl3NO3S. The molecule has 118 valence electrons. The summed E-state index contributed by atoms with van der Waals surface area (Å²) in [6.07, 6.45) is 0.873. The molecule has 0 aliphatic carbocycles. The van der Waals surface area contributed by atoms with Crippen LogP contribution in [0.1, 0.15) is 37.6 Å². The highest BCUT2D eigenvalue weighted by atomic mass is 35.7. The Morgan fingerprint density at radius 3 is 2.33 bits per heavy atom. The zero-order chi connectivity index (χ0) is 16.4. The molecule has 4 nitrogen and oxygen atoms in total. The number of nitrogens with one attached hydrogen (secondary N) is 1. The minimum absolute atomic E-state index is 0.0182. The normalized spacial score (nSPS) is 12.3. The van der Waals surface area contributed by atoms with Crippen molar-refractivity contribution in [2.24, 2.45) is 5.41 Å². The van der Waals surface area contributed by atoms with Crippen LogP contribution >= 0.6 is 33.9 Å². The zero-order valence-electron chi connectivity index (χ0n) is 11.8. The summed E-state index contributed by atoms with van der Waals surface area (Å²) in [7, 11) is 1.20. The van der Waals surface area contributed by atoms with Crippen LogP contribution in [0.5, 0.6) is 0 Å². The Morgan fingerprint density at radius 1 is 1.29 bits per heavy atom. The molecule has 0 spiro atoms. The topological polar surface area (TPSA) is 63.2 Å². The molecule has 0 aliphatic rings. The highest BCUT2D eigenvalue weighted by molar-refractivity contribution is 8.13. The molecule has 0 heterocycles. The van der Waals surface area contributed by atoms with Gasteiger partial charge in [0.15, 0.2) is 0 Å². The van der Waals surface area contributed by atoms with E-state index in [1.54, 1.807) is 0 Å². The molecule has 21 heavy (non-hydrogen) atoms. The van der Waals surface area contributed by atoms with E-state index in [1.165, 1.54) is 6.07 Å². The van der Waals surface area contributed by atoms with E-state index in [4.69, 9.17) is 33.9 Å². The van der Waals surface area contributed by atoms with E-state index in [1.807, 2.05) is 20.8 Å². The first kappa shape index (κ1) is 18.6. The molecule has 0 atom stereocenters. The summed E-state index contributed by atoms with van der Waals surface area (Å²) in [5.74, 6) is -0.495. The fourth-order valence-corrected chi connectivity index (χ4v) is 3.30. The van der Waals surface area contributed by atoms with Crippen molar-refractivity contribution in [3.8, 4) is 0 Å². The van der Waals surface area contributed by atoms with Gasteiger partial charge in [0.1, 0.15) is 4.90 Å². The molecular weight excluding hydrogens is 357 g/mol. The van der Waals surface area contributed by atoms with Gasteiger partial charge in [-0.3, -0.25) is 4.79 Å². The largest absolute Gasteiger partial charge is 0.351 e. The van der Waals surface area contributed by atoms with Crippen LogP contribution in [-0.4, -0.2) is 20.9 Å². The molecule has 1 amide bonds. The first-order valence-electron chi connectivity index (χ1n) is 6.20. The van der Waals surface area contributed by atoms with Crippen LogP contribution in [0.2, 0.25) is 10.0 Å². The van der Waals surface area contributed by atoms with Gasteiger partial charge >= 0.3 is 0 Å². The smallest absolute Gasteiger partial charge is 0.262 e. The number of rotatable bonds is 5. The molecule has 1 rings (SSSR count). The lowest BCUT2D eigenvalue weighted by Gasteiger charge is -2.23. The molecule has 0 radical (unpaired) electrons. The van der Waals surface area contributed by atoms with Gasteiger partial charge in [-0.15, -0.1) is 0 Å². The summed E-state index contributed by atoms with van der Waals surface area (Å²) < 4.78 is 22.9. The van der Waals surface area contributed by atoms with Crippen molar-refractivity contribution in [2.75, 3.05) is 6.54 Å². The molecule has 0 unspecified atom stereocenters. The van der Waals surface area contributed by atoms with Crippen molar-refractivity contribution in [1.82, 2.24) is 5.32 Å². The van der Waals surface area contributed by atoms with E-state index >= 15 is 0 Å². The first-order valence-corrected chi connectivity index (χ1v) is 9.26. The van der Waals surface area contributed by atoms with Gasteiger partial charge in [0.25, 0.3) is 15.0 Å². The fourth-order valence-electron chi connectivity index (χ4n) is 1.45. The molecule has 1 N–H and O–H groups in total. The minimum Gasteiger partial charge on any atom is -0.351 e. The van der Waals surface area contributed by atoms with Crippen LogP contribution in [0.3, 0.4) is 0 Å². The van der Waals surface area contributed by atoms with Crippen molar-refractivity contribution in [2.45, 2.75) is 32.1 Å². The fraction of sp³-hybridized carbons (Fsp3) is 0.462. The van der Waals surface area contributed by atoms with E-state index in [-0.39, 0.29) is 25.9 Å². The van der Waals surface area contributed by atoms with Gasteiger partial charge < -0.3 is 5.32 Å². The number of amides is 1. The number of halogens is 3. The molecule has 1 aromatic rings. The maximum atomic E-state index is 12.2. The monoisotopic (exact) mass is 371 g/mol. The molecule has 0 fully saturated rings. The van der Waals surface area contributed by atoms with E-state index in [0.717, 1.165) is 12.5 Å². The Balaban J connectivity index is 3.14. The number of hydrogen-bond donors (Lipinski definition) is 1. The van der Waals surface area contributed by atoms with E-state index < -0.39 is 15.0 Å². The number of hydrogen-bond acceptors (Lipinski definition) is 3. The van der Waals surface area contributed by atoms with Gasteiger partial charge in [0.2, 0.25) is 0 Å². The maximum Gasteiger partial charge on any atom is 0.262 e. The van der Waals surface area contributed by atoms with Gasteiger partial charge in [0, 0.05) is 22.2 Å². The second-order valence-electron chi connectivity index (χ2n) is 5.40. The van der Waals surface area contributed by atoms with Crippen LogP contribution in [-0.2, 0) is 9.05 Å². The third-order valence-corrected chi connectivity index (χ3v) is 5.28. The number of carbonyl (C=O) groups excluding carboxylic acids is 1. The van der Waals surface area contributed by atoms with E-state index in [0.29, 0.717) is 6.54 Å². The predicted octanol–water partition coefficient (Wildman–Crippen LogP) is 4.09. The van der Waals surface area contributed by atoms with Crippen molar-refractivity contribution < 1.29 is 13.2 Å². The second kappa shape index (κ2) is 6.73. The summed E-state index contributed by atoms with van der Waals surface area (Å²) in [5.41, 5.74) is -0.0995. The molecule has 0 aliphatic heterocycles. The second-order valence-corrected chi connectivity index (χ2v) is 8.75. The highest BCUT2D eigenvalue weighted by Gasteiger charge is 2.23. The molecule has 1 aromatic carbocycles.